The van der Waals surface area contributed by atoms with Crippen LogP contribution in [0.15, 0.2) is 35.9 Å². The van der Waals surface area contributed by atoms with E-state index in [1.165, 1.54) is 32.8 Å². The van der Waals surface area contributed by atoms with Gasteiger partial charge in [0.05, 0.1) is 0 Å². The van der Waals surface area contributed by atoms with E-state index in [0.29, 0.717) is 0 Å². The maximum absolute atomic E-state index is 12.5. The average molecular weight is 363 g/mol. The minimum atomic E-state index is -2.32. The summed E-state index contributed by atoms with van der Waals surface area (Å²) in [7, 11) is 1.49. The van der Waals surface area contributed by atoms with Gasteiger partial charge in [-0.25, -0.2) is 0 Å². The van der Waals surface area contributed by atoms with Crippen LogP contribution in [0.25, 0.3) is 4.41 Å². The molecular formula is C19H30GeO2. The summed E-state index contributed by atoms with van der Waals surface area (Å²) in [6, 6.07) is 10.5. The summed E-state index contributed by atoms with van der Waals surface area (Å²) >= 11 is -2.32. The third-order valence-corrected chi connectivity index (χ3v) is 16.8. The summed E-state index contributed by atoms with van der Waals surface area (Å²) in [5, 5.41) is 3.60. The van der Waals surface area contributed by atoms with Crippen molar-refractivity contribution in [3.8, 4) is 0 Å². The minimum absolute atomic E-state index is 0.154. The first-order chi connectivity index (χ1) is 10.5. The summed E-state index contributed by atoms with van der Waals surface area (Å²) in [5.74, 6) is 0.0245. The molecule has 122 valence electrons. The second-order valence-corrected chi connectivity index (χ2v) is 17.0. The Morgan fingerprint density at radius 2 is 1.55 bits per heavy atom. The van der Waals surface area contributed by atoms with Gasteiger partial charge < -0.3 is 0 Å². The standard InChI is InChI=1S/C19H30GeO2/c1-7-20(8-2,9-3)18(16-13-11-10-12-14-16)17(15(4)5)19(21)22-6/h10-15H,7-9H2,1-6H3/b18-17-. The monoisotopic (exact) mass is 364 g/mol. The Hall–Kier alpha value is -1.03. The predicted octanol–water partition coefficient (Wildman–Crippen LogP) is 5.32. The van der Waals surface area contributed by atoms with Crippen molar-refractivity contribution in [3.05, 3.63) is 41.5 Å². The van der Waals surface area contributed by atoms with Crippen LogP contribution >= 0.6 is 0 Å². The van der Waals surface area contributed by atoms with E-state index in [1.54, 1.807) is 0 Å². The van der Waals surface area contributed by atoms with Gasteiger partial charge in [-0.05, 0) is 0 Å². The van der Waals surface area contributed by atoms with Crippen molar-refractivity contribution in [1.29, 1.82) is 0 Å². The molecule has 0 bridgehead atoms. The summed E-state index contributed by atoms with van der Waals surface area (Å²) < 4.78 is 6.49. The van der Waals surface area contributed by atoms with Gasteiger partial charge in [0.25, 0.3) is 0 Å². The molecule has 0 saturated carbocycles. The summed E-state index contributed by atoms with van der Waals surface area (Å²) in [6.45, 7) is 11.1. The molecular weight excluding hydrogens is 333 g/mol. The van der Waals surface area contributed by atoms with Crippen molar-refractivity contribution >= 4 is 23.6 Å². The quantitative estimate of drug-likeness (QED) is 0.373. The van der Waals surface area contributed by atoms with E-state index in [0.717, 1.165) is 5.57 Å². The van der Waals surface area contributed by atoms with E-state index in [-0.39, 0.29) is 11.9 Å². The first-order valence-corrected chi connectivity index (χ1v) is 13.9. The average Bonchev–Trinajstić information content (AvgIpc) is 2.55. The molecule has 1 rings (SSSR count). The predicted molar refractivity (Wildman–Crippen MR) is 97.4 cm³/mol. The molecule has 0 heterocycles. The van der Waals surface area contributed by atoms with Crippen LogP contribution < -0.4 is 0 Å². The Balaban J connectivity index is 3.75. The van der Waals surface area contributed by atoms with Crippen molar-refractivity contribution in [2.75, 3.05) is 7.11 Å². The van der Waals surface area contributed by atoms with E-state index in [4.69, 9.17) is 4.74 Å². The number of carbonyl (C=O) groups is 1. The summed E-state index contributed by atoms with van der Waals surface area (Å²) in [6.07, 6.45) is 0. The SMILES string of the molecule is C[CH2][Ge]([CH2]C)([CH2]C)/[C](=C(\C(=O)OC)C(C)C)c1ccccc1. The number of hydrogen-bond acceptors (Lipinski definition) is 2. The van der Waals surface area contributed by atoms with Gasteiger partial charge in [0.1, 0.15) is 0 Å². The fourth-order valence-corrected chi connectivity index (χ4v) is 12.4. The van der Waals surface area contributed by atoms with E-state index in [2.05, 4.69) is 58.9 Å². The van der Waals surface area contributed by atoms with Crippen molar-refractivity contribution in [3.63, 3.8) is 0 Å². The Morgan fingerprint density at radius 3 is 1.91 bits per heavy atom. The third-order valence-electron chi connectivity index (χ3n) is 4.88. The maximum atomic E-state index is 12.5. The van der Waals surface area contributed by atoms with Gasteiger partial charge in [-0.2, -0.15) is 0 Å². The van der Waals surface area contributed by atoms with Gasteiger partial charge in [0.15, 0.2) is 0 Å². The molecule has 0 unspecified atom stereocenters. The molecule has 0 aromatic heterocycles. The van der Waals surface area contributed by atoms with Gasteiger partial charge in [-0.15, -0.1) is 0 Å². The van der Waals surface area contributed by atoms with Crippen LogP contribution in [0, 0.1) is 5.92 Å². The number of carbonyl (C=O) groups excluding carboxylic acids is 1. The van der Waals surface area contributed by atoms with Crippen LogP contribution in [0.1, 0.15) is 40.2 Å². The van der Waals surface area contributed by atoms with Gasteiger partial charge in [-0.1, -0.05) is 0 Å². The third kappa shape index (κ3) is 3.84. The molecule has 0 fully saturated rings. The van der Waals surface area contributed by atoms with Crippen LogP contribution in [0.5, 0.6) is 0 Å². The zero-order valence-electron chi connectivity index (χ0n) is 14.9. The molecule has 0 N–H and O–H groups in total. The number of rotatable bonds is 7. The fourth-order valence-electron chi connectivity index (χ4n) is 3.37. The Morgan fingerprint density at radius 1 is 1.05 bits per heavy atom. The molecule has 0 atom stereocenters. The molecule has 0 aliphatic carbocycles. The van der Waals surface area contributed by atoms with Gasteiger partial charge in [-0.3, -0.25) is 0 Å². The first kappa shape index (κ1) is 19.0. The summed E-state index contributed by atoms with van der Waals surface area (Å²) in [4.78, 5) is 12.5. The van der Waals surface area contributed by atoms with Crippen molar-refractivity contribution in [1.82, 2.24) is 0 Å². The molecule has 0 aliphatic rings. The van der Waals surface area contributed by atoms with Crippen LogP contribution in [0.4, 0.5) is 0 Å². The Bertz CT molecular complexity index is 505. The molecule has 0 saturated heterocycles. The van der Waals surface area contributed by atoms with Gasteiger partial charge in [0.2, 0.25) is 0 Å². The van der Waals surface area contributed by atoms with E-state index in [1.807, 2.05) is 6.07 Å². The molecule has 2 nitrogen and oxygen atoms in total. The van der Waals surface area contributed by atoms with Gasteiger partial charge in [0, 0.05) is 0 Å². The van der Waals surface area contributed by atoms with Crippen LogP contribution in [-0.2, 0) is 9.53 Å². The number of esters is 1. The fraction of sp³-hybridized carbons (Fsp3) is 0.526. The summed E-state index contributed by atoms with van der Waals surface area (Å²) in [5.41, 5.74) is 2.13. The topological polar surface area (TPSA) is 26.3 Å². The molecule has 0 aliphatic heterocycles. The Kier molecular flexibility index (Phi) is 7.40. The van der Waals surface area contributed by atoms with E-state index in [9.17, 15) is 4.79 Å². The molecule has 22 heavy (non-hydrogen) atoms. The second kappa shape index (κ2) is 8.56. The van der Waals surface area contributed by atoms with Crippen LogP contribution in [0.2, 0.25) is 15.8 Å². The van der Waals surface area contributed by atoms with Gasteiger partial charge >= 0.3 is 138 Å². The molecule has 1 aromatic carbocycles. The van der Waals surface area contributed by atoms with Crippen molar-refractivity contribution < 1.29 is 9.53 Å². The number of benzene rings is 1. The van der Waals surface area contributed by atoms with E-state index >= 15 is 0 Å². The van der Waals surface area contributed by atoms with Crippen molar-refractivity contribution in [2.24, 2.45) is 5.92 Å². The normalized spacial score (nSPS) is 13.0. The zero-order valence-corrected chi connectivity index (χ0v) is 17.0. The second-order valence-electron chi connectivity index (χ2n) is 6.14. The molecule has 0 spiro atoms. The molecule has 3 heteroatoms. The van der Waals surface area contributed by atoms with Crippen molar-refractivity contribution in [2.45, 2.75) is 50.4 Å². The zero-order chi connectivity index (χ0) is 16.8. The Labute approximate surface area is 138 Å². The van der Waals surface area contributed by atoms with Crippen LogP contribution in [-0.4, -0.2) is 26.3 Å². The van der Waals surface area contributed by atoms with E-state index < -0.39 is 13.3 Å². The number of ether oxygens (including phenoxy) is 1. The van der Waals surface area contributed by atoms with Crippen LogP contribution in [0.3, 0.4) is 0 Å². The molecule has 0 amide bonds. The number of methoxy groups -OCH3 is 1. The first-order valence-electron chi connectivity index (χ1n) is 8.35. The molecule has 0 radical (unpaired) electrons. The number of hydrogen-bond donors (Lipinski definition) is 0. The molecule has 1 aromatic rings.